The number of nitrogens with one attached hydrogen (secondary N) is 1. The molecule has 0 heterocycles. The number of benzene rings is 1. The van der Waals surface area contributed by atoms with E-state index in [0.717, 1.165) is 24.1 Å². The summed E-state index contributed by atoms with van der Waals surface area (Å²) in [6.45, 7) is 5.57. The van der Waals surface area contributed by atoms with Gasteiger partial charge in [0.05, 0.1) is 0 Å². The first-order chi connectivity index (χ1) is 8.46. The molecule has 2 rings (SSSR count). The van der Waals surface area contributed by atoms with Gasteiger partial charge in [-0.2, -0.15) is 0 Å². The van der Waals surface area contributed by atoms with Crippen molar-refractivity contribution in [1.29, 1.82) is 0 Å². The number of ether oxygens (including phenoxy) is 1. The first kappa shape index (κ1) is 12.7. The molecule has 0 saturated carbocycles. The van der Waals surface area contributed by atoms with Crippen molar-refractivity contribution in [2.75, 3.05) is 0 Å². The number of rotatable bonds is 1. The molecule has 0 fully saturated rings. The predicted octanol–water partition coefficient (Wildman–Crippen LogP) is 3.50. The van der Waals surface area contributed by atoms with Crippen LogP contribution in [0.2, 0.25) is 0 Å². The molecule has 0 aromatic heterocycles. The maximum absolute atomic E-state index is 11.8. The summed E-state index contributed by atoms with van der Waals surface area (Å²) in [6, 6.07) is 8.13. The van der Waals surface area contributed by atoms with Crippen LogP contribution in [0.15, 0.2) is 30.3 Å². The summed E-state index contributed by atoms with van der Waals surface area (Å²) < 4.78 is 5.26. The third-order valence-corrected chi connectivity index (χ3v) is 2.71. The second kappa shape index (κ2) is 4.84. The third kappa shape index (κ3) is 3.13. The second-order valence-corrected chi connectivity index (χ2v) is 5.44. The smallest absolute Gasteiger partial charge is 0.412 e. The van der Waals surface area contributed by atoms with Crippen LogP contribution in [0.5, 0.6) is 0 Å². The van der Waals surface area contributed by atoms with Gasteiger partial charge in [0, 0.05) is 11.3 Å². The molecule has 3 nitrogen and oxygen atoms in total. The van der Waals surface area contributed by atoms with Gasteiger partial charge in [-0.3, -0.25) is 5.32 Å². The van der Waals surface area contributed by atoms with Gasteiger partial charge in [0.2, 0.25) is 0 Å². The molecule has 1 aromatic carbocycles. The molecule has 0 unspecified atom stereocenters. The average Bonchev–Trinajstić information content (AvgIpc) is 2.27. The molecule has 96 valence electrons. The van der Waals surface area contributed by atoms with Crippen LogP contribution in [-0.4, -0.2) is 11.7 Å². The highest BCUT2D eigenvalue weighted by Gasteiger charge is 2.19. The number of alkyl carbamates (subject to hydrolysis) is 1. The van der Waals surface area contributed by atoms with Crippen LogP contribution in [0.3, 0.4) is 0 Å². The van der Waals surface area contributed by atoms with Crippen molar-refractivity contribution in [3.05, 3.63) is 41.5 Å². The van der Waals surface area contributed by atoms with Gasteiger partial charge in [-0.05, 0) is 39.2 Å². The van der Waals surface area contributed by atoms with E-state index in [4.69, 9.17) is 4.74 Å². The first-order valence-corrected chi connectivity index (χ1v) is 6.24. The predicted molar refractivity (Wildman–Crippen MR) is 72.1 cm³/mol. The SMILES string of the molecule is CC(C)(C)OC(=O)NC1=CCCc2ccccc21. The van der Waals surface area contributed by atoms with Gasteiger partial charge in [0.15, 0.2) is 0 Å². The van der Waals surface area contributed by atoms with Gasteiger partial charge < -0.3 is 4.74 Å². The largest absolute Gasteiger partial charge is 0.444 e. The van der Waals surface area contributed by atoms with Crippen LogP contribution in [-0.2, 0) is 11.2 Å². The number of aryl methyl sites for hydroxylation is 1. The molecule has 1 aliphatic rings. The van der Waals surface area contributed by atoms with Gasteiger partial charge in [-0.1, -0.05) is 30.3 Å². The minimum absolute atomic E-state index is 0.398. The van der Waals surface area contributed by atoms with Crippen LogP contribution in [0.25, 0.3) is 5.70 Å². The lowest BCUT2D eigenvalue weighted by Crippen LogP contribution is -2.32. The lowest BCUT2D eigenvalue weighted by atomic mass is 9.95. The lowest BCUT2D eigenvalue weighted by Gasteiger charge is -2.22. The molecule has 18 heavy (non-hydrogen) atoms. The summed E-state index contributed by atoms with van der Waals surface area (Å²) in [4.78, 5) is 11.8. The molecule has 1 aromatic rings. The van der Waals surface area contributed by atoms with Crippen molar-refractivity contribution in [3.63, 3.8) is 0 Å². The fourth-order valence-corrected chi connectivity index (χ4v) is 2.01. The van der Waals surface area contributed by atoms with Crippen LogP contribution >= 0.6 is 0 Å². The van der Waals surface area contributed by atoms with Gasteiger partial charge in [0.25, 0.3) is 0 Å². The zero-order valence-corrected chi connectivity index (χ0v) is 11.1. The molecule has 1 aliphatic carbocycles. The average molecular weight is 245 g/mol. The molecule has 0 bridgehead atoms. The first-order valence-electron chi connectivity index (χ1n) is 6.24. The van der Waals surface area contributed by atoms with E-state index in [1.807, 2.05) is 45.0 Å². The molecule has 0 saturated heterocycles. The Kier molecular flexibility index (Phi) is 3.41. The fourth-order valence-electron chi connectivity index (χ4n) is 2.01. The summed E-state index contributed by atoms with van der Waals surface area (Å²) in [5.41, 5.74) is 2.74. The summed E-state index contributed by atoms with van der Waals surface area (Å²) in [7, 11) is 0. The van der Waals surface area contributed by atoms with Crippen LogP contribution < -0.4 is 5.32 Å². The summed E-state index contributed by atoms with van der Waals surface area (Å²) in [6.07, 6.45) is 3.62. The van der Waals surface area contributed by atoms with Crippen LogP contribution in [0.4, 0.5) is 4.79 Å². The fraction of sp³-hybridized carbons (Fsp3) is 0.400. The highest BCUT2D eigenvalue weighted by Crippen LogP contribution is 2.24. The number of allylic oxidation sites excluding steroid dienone is 1. The van der Waals surface area contributed by atoms with Crippen molar-refractivity contribution in [2.45, 2.75) is 39.2 Å². The van der Waals surface area contributed by atoms with E-state index in [2.05, 4.69) is 11.4 Å². The molecular formula is C15H19NO2. The molecule has 0 atom stereocenters. The summed E-state index contributed by atoms with van der Waals surface area (Å²) in [5, 5.41) is 2.83. The van der Waals surface area contributed by atoms with E-state index >= 15 is 0 Å². The maximum atomic E-state index is 11.8. The summed E-state index contributed by atoms with van der Waals surface area (Å²) >= 11 is 0. The molecule has 0 aliphatic heterocycles. The van der Waals surface area contributed by atoms with Crippen molar-refractivity contribution < 1.29 is 9.53 Å². The van der Waals surface area contributed by atoms with Crippen molar-refractivity contribution in [2.24, 2.45) is 0 Å². The van der Waals surface area contributed by atoms with E-state index in [-0.39, 0.29) is 0 Å². The van der Waals surface area contributed by atoms with Gasteiger partial charge in [-0.15, -0.1) is 0 Å². The Morgan fingerprint density at radius 3 is 2.72 bits per heavy atom. The van der Waals surface area contributed by atoms with Crippen LogP contribution in [0, 0.1) is 0 Å². The monoisotopic (exact) mass is 245 g/mol. The molecule has 3 heteroatoms. The van der Waals surface area contributed by atoms with Crippen molar-refractivity contribution in [1.82, 2.24) is 5.32 Å². The van der Waals surface area contributed by atoms with Crippen LogP contribution in [0.1, 0.15) is 38.3 Å². The number of carbonyl (C=O) groups excluding carboxylic acids is 1. The van der Waals surface area contributed by atoms with E-state index in [1.165, 1.54) is 5.56 Å². The topological polar surface area (TPSA) is 38.3 Å². The Balaban J connectivity index is 2.11. The minimum atomic E-state index is -0.473. The molecule has 1 amide bonds. The lowest BCUT2D eigenvalue weighted by molar-refractivity contribution is 0.0558. The number of carbonyl (C=O) groups is 1. The van der Waals surface area contributed by atoms with E-state index < -0.39 is 11.7 Å². The Labute approximate surface area is 108 Å². The third-order valence-electron chi connectivity index (χ3n) is 2.71. The Hall–Kier alpha value is -1.77. The number of amides is 1. The maximum Gasteiger partial charge on any atom is 0.412 e. The zero-order chi connectivity index (χ0) is 13.2. The second-order valence-electron chi connectivity index (χ2n) is 5.44. The molecule has 0 radical (unpaired) electrons. The Morgan fingerprint density at radius 1 is 1.28 bits per heavy atom. The Morgan fingerprint density at radius 2 is 2.00 bits per heavy atom. The van der Waals surface area contributed by atoms with Gasteiger partial charge in [-0.25, -0.2) is 4.79 Å². The molecule has 1 N–H and O–H groups in total. The number of hydrogen-bond donors (Lipinski definition) is 1. The summed E-state index contributed by atoms with van der Waals surface area (Å²) in [5.74, 6) is 0. The van der Waals surface area contributed by atoms with Gasteiger partial charge >= 0.3 is 6.09 Å². The standard InChI is InChI=1S/C15H19NO2/c1-15(2,3)18-14(17)16-13-10-6-8-11-7-4-5-9-12(11)13/h4-5,7,9-10H,6,8H2,1-3H3,(H,16,17). The van der Waals surface area contributed by atoms with E-state index in [0.29, 0.717) is 0 Å². The van der Waals surface area contributed by atoms with Crippen molar-refractivity contribution in [3.8, 4) is 0 Å². The minimum Gasteiger partial charge on any atom is -0.444 e. The highest BCUT2D eigenvalue weighted by molar-refractivity contribution is 5.83. The zero-order valence-electron chi connectivity index (χ0n) is 11.1. The quantitative estimate of drug-likeness (QED) is 0.822. The normalized spacial score (nSPS) is 14.5. The molecule has 0 spiro atoms. The Bertz CT molecular complexity index is 484. The number of hydrogen-bond acceptors (Lipinski definition) is 2. The van der Waals surface area contributed by atoms with Gasteiger partial charge in [0.1, 0.15) is 5.60 Å². The van der Waals surface area contributed by atoms with E-state index in [1.54, 1.807) is 0 Å². The highest BCUT2D eigenvalue weighted by atomic mass is 16.6. The van der Waals surface area contributed by atoms with Crippen molar-refractivity contribution >= 4 is 11.8 Å². The van der Waals surface area contributed by atoms with E-state index in [9.17, 15) is 4.79 Å². The number of fused-ring (bicyclic) bond motifs is 1. The molecular weight excluding hydrogens is 226 g/mol.